The summed E-state index contributed by atoms with van der Waals surface area (Å²) >= 11 is 5.26. The molecule has 1 fully saturated rings. The van der Waals surface area contributed by atoms with Crippen LogP contribution in [0.25, 0.3) is 11.8 Å². The smallest absolute Gasteiger partial charge is 0.273 e. The molecule has 0 unspecified atom stereocenters. The highest BCUT2D eigenvalue weighted by Crippen LogP contribution is 2.32. The molecular formula is C25H22N4O6S. The molecule has 10 nitrogen and oxygen atoms in total. The maximum atomic E-state index is 13.4. The van der Waals surface area contributed by atoms with Crippen molar-refractivity contribution in [1.29, 1.82) is 0 Å². The van der Waals surface area contributed by atoms with E-state index in [1.54, 1.807) is 30.3 Å². The Bertz CT molecular complexity index is 1440. The fraction of sp³-hybridized carbons (Fsp3) is 0.160. The van der Waals surface area contributed by atoms with Gasteiger partial charge in [-0.1, -0.05) is 0 Å². The monoisotopic (exact) mass is 506 g/mol. The standard InChI is InChI=1S/C25H22N4O6S/c1-14-11-16(15(2)27(14)21-10-7-18(29(32)33)13-22(21)35-4)12-20-23(30)26-25(36)28(24(20)31)17-5-8-19(34-3)9-6-17/h5-13H,1-4H3,(H,26,30,36)/b20-12+. The molecule has 36 heavy (non-hydrogen) atoms. The summed E-state index contributed by atoms with van der Waals surface area (Å²) < 4.78 is 12.4. The van der Waals surface area contributed by atoms with Gasteiger partial charge in [-0.05, 0) is 74.1 Å². The molecule has 0 aliphatic carbocycles. The number of ether oxygens (including phenoxy) is 2. The van der Waals surface area contributed by atoms with Gasteiger partial charge < -0.3 is 14.0 Å². The van der Waals surface area contributed by atoms with Crippen LogP contribution in [0.3, 0.4) is 0 Å². The van der Waals surface area contributed by atoms with Crippen LogP contribution >= 0.6 is 12.2 Å². The SMILES string of the molecule is COc1ccc(N2C(=O)/C(=C/c3cc(C)n(-c4ccc([N+](=O)[O-])cc4OC)c3C)C(=O)NC2=S)cc1. The summed E-state index contributed by atoms with van der Waals surface area (Å²) in [6.45, 7) is 3.66. The van der Waals surface area contributed by atoms with Gasteiger partial charge >= 0.3 is 0 Å². The fourth-order valence-electron chi connectivity index (χ4n) is 4.05. The molecule has 1 saturated heterocycles. The predicted molar refractivity (Wildman–Crippen MR) is 138 cm³/mol. The Morgan fingerprint density at radius 1 is 1.03 bits per heavy atom. The van der Waals surface area contributed by atoms with E-state index in [0.29, 0.717) is 34.1 Å². The second kappa shape index (κ2) is 9.62. The van der Waals surface area contributed by atoms with Crippen LogP contribution in [0.2, 0.25) is 0 Å². The van der Waals surface area contributed by atoms with Crippen molar-refractivity contribution in [2.75, 3.05) is 19.1 Å². The zero-order chi connectivity index (χ0) is 26.1. The van der Waals surface area contributed by atoms with E-state index in [9.17, 15) is 19.7 Å². The number of thiocarbonyl (C=S) groups is 1. The Labute approximate surface area is 211 Å². The number of rotatable bonds is 6. The predicted octanol–water partition coefficient (Wildman–Crippen LogP) is 3.85. The highest BCUT2D eigenvalue weighted by molar-refractivity contribution is 7.80. The number of anilines is 1. The Hall–Kier alpha value is -4.51. The summed E-state index contributed by atoms with van der Waals surface area (Å²) in [6.07, 6.45) is 1.51. The van der Waals surface area contributed by atoms with Crippen molar-refractivity contribution in [3.05, 3.63) is 81.2 Å². The topological polar surface area (TPSA) is 116 Å². The summed E-state index contributed by atoms with van der Waals surface area (Å²) in [5, 5.41) is 13.7. The van der Waals surface area contributed by atoms with Crippen LogP contribution in [-0.4, -0.2) is 40.6 Å². The normalized spacial score (nSPS) is 14.7. The van der Waals surface area contributed by atoms with Crippen molar-refractivity contribution >= 4 is 46.6 Å². The minimum atomic E-state index is -0.604. The van der Waals surface area contributed by atoms with E-state index in [4.69, 9.17) is 21.7 Å². The van der Waals surface area contributed by atoms with E-state index in [1.165, 1.54) is 37.3 Å². The van der Waals surface area contributed by atoms with Gasteiger partial charge in [0.2, 0.25) is 0 Å². The van der Waals surface area contributed by atoms with E-state index < -0.39 is 16.7 Å². The Kier molecular flexibility index (Phi) is 6.58. The molecule has 184 valence electrons. The first kappa shape index (κ1) is 24.6. The van der Waals surface area contributed by atoms with Crippen LogP contribution in [-0.2, 0) is 9.59 Å². The number of carbonyl (C=O) groups excluding carboxylic acids is 2. The third-order valence-electron chi connectivity index (χ3n) is 5.82. The average Bonchev–Trinajstić information content (AvgIpc) is 3.13. The lowest BCUT2D eigenvalue weighted by molar-refractivity contribution is -0.384. The lowest BCUT2D eigenvalue weighted by atomic mass is 10.1. The van der Waals surface area contributed by atoms with Crippen molar-refractivity contribution in [3.8, 4) is 17.2 Å². The molecule has 0 saturated carbocycles. The molecule has 0 atom stereocenters. The molecule has 1 aliphatic heterocycles. The highest BCUT2D eigenvalue weighted by Gasteiger charge is 2.34. The zero-order valence-electron chi connectivity index (χ0n) is 19.9. The molecule has 2 amide bonds. The second-order valence-electron chi connectivity index (χ2n) is 7.93. The summed E-state index contributed by atoms with van der Waals surface area (Å²) in [4.78, 5) is 38.0. The number of hydrogen-bond acceptors (Lipinski definition) is 7. The number of benzene rings is 2. The first-order chi connectivity index (χ1) is 17.2. The van der Waals surface area contributed by atoms with Crippen LogP contribution in [0.1, 0.15) is 17.0 Å². The van der Waals surface area contributed by atoms with E-state index in [-0.39, 0.29) is 16.4 Å². The number of nitrogens with zero attached hydrogens (tertiary/aromatic N) is 3. The van der Waals surface area contributed by atoms with Gasteiger partial charge in [-0.25, -0.2) is 0 Å². The molecule has 3 aromatic rings. The van der Waals surface area contributed by atoms with E-state index in [2.05, 4.69) is 5.32 Å². The first-order valence-corrected chi connectivity index (χ1v) is 11.1. The number of methoxy groups -OCH3 is 2. The van der Waals surface area contributed by atoms with Gasteiger partial charge in [0.25, 0.3) is 17.5 Å². The minimum Gasteiger partial charge on any atom is -0.497 e. The zero-order valence-corrected chi connectivity index (χ0v) is 20.7. The number of carbonyl (C=O) groups is 2. The summed E-state index contributed by atoms with van der Waals surface area (Å²) in [6, 6.07) is 12.9. The van der Waals surface area contributed by atoms with Gasteiger partial charge in [0.1, 0.15) is 17.1 Å². The van der Waals surface area contributed by atoms with Crippen molar-refractivity contribution in [1.82, 2.24) is 9.88 Å². The molecule has 0 bridgehead atoms. The Morgan fingerprint density at radius 2 is 1.72 bits per heavy atom. The van der Waals surface area contributed by atoms with E-state index in [1.807, 2.05) is 24.5 Å². The Morgan fingerprint density at radius 3 is 2.33 bits per heavy atom. The Balaban J connectivity index is 1.76. The molecular weight excluding hydrogens is 484 g/mol. The van der Waals surface area contributed by atoms with Gasteiger partial charge in [0, 0.05) is 17.5 Å². The number of nitrogens with one attached hydrogen (secondary N) is 1. The summed E-state index contributed by atoms with van der Waals surface area (Å²) in [5.41, 5.74) is 2.99. The molecule has 1 aliphatic rings. The number of amides is 2. The second-order valence-corrected chi connectivity index (χ2v) is 8.32. The molecule has 11 heteroatoms. The largest absolute Gasteiger partial charge is 0.497 e. The van der Waals surface area contributed by atoms with Crippen LogP contribution < -0.4 is 19.7 Å². The van der Waals surface area contributed by atoms with Crippen molar-refractivity contribution in [2.24, 2.45) is 0 Å². The van der Waals surface area contributed by atoms with Gasteiger partial charge in [-0.15, -0.1) is 0 Å². The van der Waals surface area contributed by atoms with Crippen molar-refractivity contribution < 1.29 is 24.0 Å². The average molecular weight is 507 g/mol. The van der Waals surface area contributed by atoms with Crippen LogP contribution in [0.5, 0.6) is 11.5 Å². The lowest BCUT2D eigenvalue weighted by Crippen LogP contribution is -2.54. The quantitative estimate of drug-likeness (QED) is 0.177. The van der Waals surface area contributed by atoms with Crippen LogP contribution in [0.4, 0.5) is 11.4 Å². The number of aromatic nitrogens is 1. The third-order valence-corrected chi connectivity index (χ3v) is 6.10. The van der Waals surface area contributed by atoms with E-state index in [0.717, 1.165) is 5.69 Å². The van der Waals surface area contributed by atoms with Crippen molar-refractivity contribution in [3.63, 3.8) is 0 Å². The molecule has 1 aromatic heterocycles. The number of aryl methyl sites for hydroxylation is 1. The summed E-state index contributed by atoms with van der Waals surface area (Å²) in [5.74, 6) is -0.241. The van der Waals surface area contributed by atoms with Crippen molar-refractivity contribution in [2.45, 2.75) is 13.8 Å². The number of hydrogen-bond donors (Lipinski definition) is 1. The number of non-ortho nitro benzene ring substituents is 1. The number of nitro groups is 1. The molecule has 2 aromatic carbocycles. The molecule has 2 heterocycles. The minimum absolute atomic E-state index is 0.0200. The molecule has 4 rings (SSSR count). The maximum Gasteiger partial charge on any atom is 0.273 e. The third kappa shape index (κ3) is 4.31. The van der Waals surface area contributed by atoms with Crippen LogP contribution in [0.15, 0.2) is 54.1 Å². The van der Waals surface area contributed by atoms with Gasteiger partial charge in [-0.3, -0.25) is 29.9 Å². The molecule has 1 N–H and O–H groups in total. The van der Waals surface area contributed by atoms with Gasteiger partial charge in [0.05, 0.1) is 36.6 Å². The molecule has 0 radical (unpaired) electrons. The van der Waals surface area contributed by atoms with Crippen LogP contribution in [0, 0.1) is 24.0 Å². The number of nitro benzene ring substituents is 1. The van der Waals surface area contributed by atoms with E-state index >= 15 is 0 Å². The fourth-order valence-corrected chi connectivity index (χ4v) is 4.33. The lowest BCUT2D eigenvalue weighted by Gasteiger charge is -2.29. The maximum absolute atomic E-state index is 13.4. The molecule has 0 spiro atoms. The highest BCUT2D eigenvalue weighted by atomic mass is 32.1. The first-order valence-electron chi connectivity index (χ1n) is 10.7. The van der Waals surface area contributed by atoms with Gasteiger partial charge in [0.15, 0.2) is 5.11 Å². The summed E-state index contributed by atoms with van der Waals surface area (Å²) in [7, 11) is 2.97. The van der Waals surface area contributed by atoms with Gasteiger partial charge in [-0.2, -0.15) is 0 Å².